The van der Waals surface area contributed by atoms with Crippen molar-refractivity contribution in [1.82, 2.24) is 10.2 Å². The molecule has 2 rings (SSSR count). The number of rotatable bonds is 5. The summed E-state index contributed by atoms with van der Waals surface area (Å²) in [5.74, 6) is 0. The van der Waals surface area contributed by atoms with Gasteiger partial charge in [-0.2, -0.15) is 0 Å². The molecule has 1 aliphatic heterocycles. The summed E-state index contributed by atoms with van der Waals surface area (Å²) in [6.07, 6.45) is 2.51. The smallest absolute Gasteiger partial charge is 0.0642 e. The third kappa shape index (κ3) is 4.60. The van der Waals surface area contributed by atoms with E-state index in [9.17, 15) is 0 Å². The molecule has 0 spiro atoms. The fourth-order valence-electron chi connectivity index (χ4n) is 2.83. The zero-order valence-corrected chi connectivity index (χ0v) is 14.5. The number of piperidine rings is 1. The first kappa shape index (κ1) is 16.6. The summed E-state index contributed by atoms with van der Waals surface area (Å²) in [5.41, 5.74) is 2.43. The Balaban J connectivity index is 2.06. The van der Waals surface area contributed by atoms with Gasteiger partial charge in [-0.15, -0.1) is 0 Å². The van der Waals surface area contributed by atoms with Gasteiger partial charge in [-0.3, -0.25) is 0 Å². The molecule has 1 aromatic carbocycles. The molecule has 1 N–H and O–H groups in total. The monoisotopic (exact) mass is 309 g/mol. The van der Waals surface area contributed by atoms with Crippen molar-refractivity contribution in [2.24, 2.45) is 0 Å². The third-order valence-corrected chi connectivity index (χ3v) is 4.50. The van der Waals surface area contributed by atoms with Gasteiger partial charge in [0, 0.05) is 31.7 Å². The Kier molecular flexibility index (Phi) is 5.91. The Bertz CT molecular complexity index is 459. The van der Waals surface area contributed by atoms with Gasteiger partial charge in [0.1, 0.15) is 0 Å². The lowest BCUT2D eigenvalue weighted by atomic mass is 10.0. The summed E-state index contributed by atoms with van der Waals surface area (Å²) in [7, 11) is 4.33. The maximum absolute atomic E-state index is 6.52. The van der Waals surface area contributed by atoms with Crippen LogP contribution in [0, 0.1) is 0 Å². The summed E-state index contributed by atoms with van der Waals surface area (Å²) < 4.78 is 0. The van der Waals surface area contributed by atoms with Crippen molar-refractivity contribution in [3.05, 3.63) is 28.8 Å². The molecule has 1 saturated heterocycles. The van der Waals surface area contributed by atoms with Crippen LogP contribution in [0.25, 0.3) is 0 Å². The minimum absolute atomic E-state index is 0.492. The van der Waals surface area contributed by atoms with E-state index in [0.29, 0.717) is 12.1 Å². The van der Waals surface area contributed by atoms with E-state index in [0.717, 1.165) is 24.7 Å². The Morgan fingerprint density at radius 3 is 2.76 bits per heavy atom. The fourth-order valence-corrected chi connectivity index (χ4v) is 3.16. The van der Waals surface area contributed by atoms with Gasteiger partial charge in [0.15, 0.2) is 0 Å². The van der Waals surface area contributed by atoms with E-state index in [1.807, 2.05) is 0 Å². The van der Waals surface area contributed by atoms with Crippen LogP contribution in [0.1, 0.15) is 32.3 Å². The number of benzene rings is 1. The third-order valence-electron chi connectivity index (χ3n) is 4.19. The highest BCUT2D eigenvalue weighted by molar-refractivity contribution is 6.33. The van der Waals surface area contributed by atoms with E-state index < -0.39 is 0 Å². The summed E-state index contributed by atoms with van der Waals surface area (Å²) in [5, 5.41) is 4.30. The lowest BCUT2D eigenvalue weighted by Crippen LogP contribution is -2.45. The lowest BCUT2D eigenvalue weighted by Gasteiger charge is -2.38. The van der Waals surface area contributed by atoms with E-state index in [1.165, 1.54) is 24.1 Å². The molecule has 0 aliphatic carbocycles. The van der Waals surface area contributed by atoms with Crippen LogP contribution >= 0.6 is 11.6 Å². The normalized spacial score (nSPS) is 19.6. The van der Waals surface area contributed by atoms with Gasteiger partial charge < -0.3 is 15.1 Å². The predicted molar refractivity (Wildman–Crippen MR) is 92.3 cm³/mol. The minimum atomic E-state index is 0.492. The highest BCUT2D eigenvalue weighted by atomic mass is 35.5. The molecule has 3 nitrogen and oxygen atoms in total. The highest BCUT2D eigenvalue weighted by Gasteiger charge is 2.22. The van der Waals surface area contributed by atoms with E-state index in [2.05, 4.69) is 61.3 Å². The summed E-state index contributed by atoms with van der Waals surface area (Å²) in [4.78, 5) is 4.75. The van der Waals surface area contributed by atoms with Crippen molar-refractivity contribution in [3.63, 3.8) is 0 Å². The van der Waals surface area contributed by atoms with E-state index >= 15 is 0 Å². The van der Waals surface area contributed by atoms with Gasteiger partial charge in [-0.05, 0) is 44.6 Å². The van der Waals surface area contributed by atoms with Crippen LogP contribution in [0.5, 0.6) is 0 Å². The van der Waals surface area contributed by atoms with Gasteiger partial charge in [-0.25, -0.2) is 0 Å². The van der Waals surface area contributed by atoms with Crippen molar-refractivity contribution < 1.29 is 0 Å². The molecule has 21 heavy (non-hydrogen) atoms. The maximum atomic E-state index is 6.52. The van der Waals surface area contributed by atoms with E-state index in [-0.39, 0.29) is 0 Å². The zero-order valence-electron chi connectivity index (χ0n) is 13.7. The van der Waals surface area contributed by atoms with E-state index in [4.69, 9.17) is 11.6 Å². The molecular weight excluding hydrogens is 282 g/mol. The van der Waals surface area contributed by atoms with Gasteiger partial charge >= 0.3 is 0 Å². The standard InChI is InChI=1S/C17H28ClN3/c1-13(2)19-11-14-7-8-17(16(18)10-14)21-9-5-6-15(12-21)20(3)4/h7-8,10,13,15,19H,5-6,9,11-12H2,1-4H3. The molecule has 0 amide bonds. The van der Waals surface area contributed by atoms with Crippen LogP contribution < -0.4 is 10.2 Å². The number of hydrogen-bond acceptors (Lipinski definition) is 3. The number of halogens is 1. The quantitative estimate of drug-likeness (QED) is 0.899. The predicted octanol–water partition coefficient (Wildman–Crippen LogP) is 3.37. The second-order valence-corrected chi connectivity index (χ2v) is 6.93. The largest absolute Gasteiger partial charge is 0.369 e. The number of hydrogen-bond donors (Lipinski definition) is 1. The van der Waals surface area contributed by atoms with Gasteiger partial charge in [0.2, 0.25) is 0 Å². The SMILES string of the molecule is CC(C)NCc1ccc(N2CCCC(N(C)C)C2)c(Cl)c1. The van der Waals surface area contributed by atoms with E-state index in [1.54, 1.807) is 0 Å². The van der Waals surface area contributed by atoms with Crippen molar-refractivity contribution in [2.75, 3.05) is 32.1 Å². The van der Waals surface area contributed by atoms with Crippen LogP contribution in [-0.2, 0) is 6.54 Å². The average Bonchev–Trinajstić information content (AvgIpc) is 2.45. The molecule has 1 fully saturated rings. The number of anilines is 1. The molecule has 0 aromatic heterocycles. The van der Waals surface area contributed by atoms with Crippen molar-refractivity contribution in [2.45, 2.75) is 45.3 Å². The number of nitrogens with zero attached hydrogens (tertiary/aromatic N) is 2. The van der Waals surface area contributed by atoms with Crippen LogP contribution in [-0.4, -0.2) is 44.2 Å². The van der Waals surface area contributed by atoms with Crippen molar-refractivity contribution in [3.8, 4) is 0 Å². The lowest BCUT2D eigenvalue weighted by molar-refractivity contribution is 0.258. The summed E-state index contributed by atoms with van der Waals surface area (Å²) in [6, 6.07) is 7.59. The second-order valence-electron chi connectivity index (χ2n) is 6.53. The first-order chi connectivity index (χ1) is 9.97. The Morgan fingerprint density at radius 1 is 1.38 bits per heavy atom. The molecule has 0 bridgehead atoms. The van der Waals surface area contributed by atoms with Gasteiger partial charge in [-0.1, -0.05) is 31.5 Å². The Morgan fingerprint density at radius 2 is 2.14 bits per heavy atom. The van der Waals surface area contributed by atoms with Gasteiger partial charge in [0.05, 0.1) is 10.7 Å². The Hall–Kier alpha value is -0.770. The van der Waals surface area contributed by atoms with Crippen molar-refractivity contribution in [1.29, 1.82) is 0 Å². The van der Waals surface area contributed by atoms with Crippen molar-refractivity contribution >= 4 is 17.3 Å². The first-order valence-corrected chi connectivity index (χ1v) is 8.28. The molecule has 1 aromatic rings. The summed E-state index contributed by atoms with van der Waals surface area (Å²) in [6.45, 7) is 7.36. The van der Waals surface area contributed by atoms with Crippen LogP contribution in [0.2, 0.25) is 5.02 Å². The fraction of sp³-hybridized carbons (Fsp3) is 0.647. The summed E-state index contributed by atoms with van der Waals surface area (Å²) >= 11 is 6.52. The molecule has 118 valence electrons. The molecule has 0 radical (unpaired) electrons. The number of nitrogens with one attached hydrogen (secondary N) is 1. The molecule has 0 saturated carbocycles. The number of likely N-dealkylation sites (N-methyl/N-ethyl adjacent to an activating group) is 1. The highest BCUT2D eigenvalue weighted by Crippen LogP contribution is 2.30. The molecule has 4 heteroatoms. The first-order valence-electron chi connectivity index (χ1n) is 7.90. The minimum Gasteiger partial charge on any atom is -0.369 e. The maximum Gasteiger partial charge on any atom is 0.0642 e. The molecule has 1 heterocycles. The van der Waals surface area contributed by atoms with Crippen LogP contribution in [0.3, 0.4) is 0 Å². The van der Waals surface area contributed by atoms with Crippen LogP contribution in [0.15, 0.2) is 18.2 Å². The molecule has 1 atom stereocenters. The molecular formula is C17H28ClN3. The Labute approximate surface area is 134 Å². The average molecular weight is 310 g/mol. The molecule has 1 unspecified atom stereocenters. The second kappa shape index (κ2) is 7.48. The van der Waals surface area contributed by atoms with Gasteiger partial charge in [0.25, 0.3) is 0 Å². The zero-order chi connectivity index (χ0) is 15.4. The molecule has 1 aliphatic rings. The van der Waals surface area contributed by atoms with Crippen LogP contribution in [0.4, 0.5) is 5.69 Å². The topological polar surface area (TPSA) is 18.5 Å².